The summed E-state index contributed by atoms with van der Waals surface area (Å²) in [5, 5.41) is 4.70. The molecule has 146 valence electrons. The monoisotopic (exact) mass is 397 g/mol. The van der Waals surface area contributed by atoms with E-state index >= 15 is 0 Å². The molecule has 0 saturated heterocycles. The van der Waals surface area contributed by atoms with E-state index in [1.165, 1.54) is 12.1 Å². The Morgan fingerprint density at radius 1 is 0.933 bits per heavy atom. The van der Waals surface area contributed by atoms with Crippen molar-refractivity contribution in [3.8, 4) is 16.9 Å². The molecule has 2 heterocycles. The number of H-pyrrole nitrogens is 2. The van der Waals surface area contributed by atoms with Crippen molar-refractivity contribution >= 4 is 22.9 Å². The molecule has 0 fully saturated rings. The lowest BCUT2D eigenvalue weighted by Crippen LogP contribution is -1.99. The van der Waals surface area contributed by atoms with Crippen LogP contribution in [0, 0.1) is 5.82 Å². The fraction of sp³-hybridized carbons (Fsp3) is 0. The maximum atomic E-state index is 13.4. The van der Waals surface area contributed by atoms with Gasteiger partial charge in [-0.3, -0.25) is 4.99 Å². The van der Waals surface area contributed by atoms with Crippen molar-refractivity contribution in [2.75, 3.05) is 0 Å². The van der Waals surface area contributed by atoms with Crippen LogP contribution in [0.15, 0.2) is 88.8 Å². The van der Waals surface area contributed by atoms with Crippen LogP contribution in [0.1, 0.15) is 5.56 Å². The van der Waals surface area contributed by atoms with Gasteiger partial charge in [0.05, 0.1) is 22.4 Å². The molecule has 2 N–H and O–H groups in total. The van der Waals surface area contributed by atoms with Gasteiger partial charge in [0, 0.05) is 23.5 Å². The molecule has 0 aliphatic rings. The Bertz CT molecular complexity index is 1410. The summed E-state index contributed by atoms with van der Waals surface area (Å²) in [6.07, 6.45) is 3.60. The second-order valence-electron chi connectivity index (χ2n) is 6.79. The van der Waals surface area contributed by atoms with Gasteiger partial charge in [-0.1, -0.05) is 18.2 Å². The fourth-order valence-electron chi connectivity index (χ4n) is 3.27. The smallest absolute Gasteiger partial charge is 0.306 e. The molecular weight excluding hydrogens is 381 g/mol. The molecule has 5 rings (SSSR count). The zero-order valence-electron chi connectivity index (χ0n) is 15.7. The predicted molar refractivity (Wildman–Crippen MR) is 115 cm³/mol. The largest absolute Gasteiger partial charge is 0.323 e. The number of aliphatic imine (C=N–C) groups is 1. The van der Waals surface area contributed by atoms with E-state index in [9.17, 15) is 9.18 Å². The average molecular weight is 397 g/mol. The minimum absolute atomic E-state index is 0.256. The van der Waals surface area contributed by atoms with Crippen molar-refractivity contribution in [2.45, 2.75) is 0 Å². The minimum Gasteiger partial charge on any atom is -0.306 e. The first-order valence-corrected chi connectivity index (χ1v) is 9.33. The molecule has 6 nitrogen and oxygen atoms in total. The van der Waals surface area contributed by atoms with Crippen molar-refractivity contribution in [1.82, 2.24) is 19.7 Å². The molecule has 0 radical (unpaired) electrons. The Kier molecular flexibility index (Phi) is 4.33. The molecule has 0 spiro atoms. The average Bonchev–Trinajstić information content (AvgIpc) is 3.36. The molecule has 0 aliphatic carbocycles. The van der Waals surface area contributed by atoms with Crippen LogP contribution in [-0.2, 0) is 0 Å². The number of rotatable bonds is 4. The number of aromatic amines is 2. The Balaban J connectivity index is 1.57. The van der Waals surface area contributed by atoms with Crippen LogP contribution in [-0.4, -0.2) is 26.0 Å². The van der Waals surface area contributed by atoms with Gasteiger partial charge in [-0.2, -0.15) is 5.10 Å². The standard InChI is InChI=1S/C23H16FN5O/c24-17-8-6-15(7-9-17)22-16(14-29(28-22)19-4-2-1-3-5-19)13-25-18-10-11-20-21(12-18)27-23(30)26-20/h1-14H,(H2,26,27,30). The van der Waals surface area contributed by atoms with E-state index in [-0.39, 0.29) is 11.5 Å². The van der Waals surface area contributed by atoms with Crippen LogP contribution in [0.25, 0.3) is 28.0 Å². The number of para-hydroxylation sites is 1. The lowest BCUT2D eigenvalue weighted by molar-refractivity contribution is 0.628. The van der Waals surface area contributed by atoms with Gasteiger partial charge < -0.3 is 9.97 Å². The summed E-state index contributed by atoms with van der Waals surface area (Å²) in [5.74, 6) is -0.301. The molecular formula is C23H16FN5O. The lowest BCUT2D eigenvalue weighted by Gasteiger charge is -2.00. The van der Waals surface area contributed by atoms with Crippen molar-refractivity contribution in [3.63, 3.8) is 0 Å². The van der Waals surface area contributed by atoms with E-state index < -0.39 is 0 Å². The molecule has 0 amide bonds. The van der Waals surface area contributed by atoms with Crippen LogP contribution in [0.2, 0.25) is 0 Å². The fourth-order valence-corrected chi connectivity index (χ4v) is 3.27. The highest BCUT2D eigenvalue weighted by Crippen LogP contribution is 2.24. The van der Waals surface area contributed by atoms with Crippen LogP contribution in [0.4, 0.5) is 10.1 Å². The zero-order chi connectivity index (χ0) is 20.5. The molecule has 0 atom stereocenters. The van der Waals surface area contributed by atoms with Gasteiger partial charge in [-0.15, -0.1) is 0 Å². The molecule has 3 aromatic carbocycles. The summed E-state index contributed by atoms with van der Waals surface area (Å²) >= 11 is 0. The Morgan fingerprint density at radius 3 is 2.50 bits per heavy atom. The first-order chi connectivity index (χ1) is 14.7. The summed E-state index contributed by atoms with van der Waals surface area (Å²) in [4.78, 5) is 21.5. The van der Waals surface area contributed by atoms with Crippen LogP contribution in [0.3, 0.4) is 0 Å². The summed E-state index contributed by atoms with van der Waals surface area (Å²) < 4.78 is 15.2. The van der Waals surface area contributed by atoms with Crippen molar-refractivity contribution in [1.29, 1.82) is 0 Å². The summed E-state index contributed by atoms with van der Waals surface area (Å²) in [6.45, 7) is 0. The third kappa shape index (κ3) is 3.44. The van der Waals surface area contributed by atoms with Crippen molar-refractivity contribution < 1.29 is 4.39 Å². The molecule has 0 aliphatic heterocycles. The van der Waals surface area contributed by atoms with Crippen LogP contribution in [0.5, 0.6) is 0 Å². The third-order valence-electron chi connectivity index (χ3n) is 4.73. The molecule has 2 aromatic heterocycles. The first kappa shape index (κ1) is 17.8. The molecule has 5 aromatic rings. The van der Waals surface area contributed by atoms with E-state index in [2.05, 4.69) is 15.0 Å². The van der Waals surface area contributed by atoms with E-state index in [0.717, 1.165) is 22.3 Å². The molecule has 0 saturated carbocycles. The van der Waals surface area contributed by atoms with Crippen LogP contribution >= 0.6 is 0 Å². The normalized spacial score (nSPS) is 11.5. The van der Waals surface area contributed by atoms with Gasteiger partial charge >= 0.3 is 5.69 Å². The highest BCUT2D eigenvalue weighted by molar-refractivity contribution is 5.91. The lowest BCUT2D eigenvalue weighted by atomic mass is 10.1. The van der Waals surface area contributed by atoms with E-state index in [1.807, 2.05) is 42.6 Å². The molecule has 30 heavy (non-hydrogen) atoms. The number of benzene rings is 3. The maximum Gasteiger partial charge on any atom is 0.323 e. The Hall–Kier alpha value is -4.26. The predicted octanol–water partition coefficient (Wildman–Crippen LogP) is 4.60. The number of hydrogen-bond acceptors (Lipinski definition) is 3. The van der Waals surface area contributed by atoms with Gasteiger partial charge in [-0.25, -0.2) is 13.9 Å². The van der Waals surface area contributed by atoms with Gasteiger partial charge in [0.15, 0.2) is 0 Å². The number of fused-ring (bicyclic) bond motifs is 1. The van der Waals surface area contributed by atoms with Crippen molar-refractivity contribution in [2.24, 2.45) is 4.99 Å². The number of halogens is 1. The summed E-state index contributed by atoms with van der Waals surface area (Å²) in [5.41, 5.74) is 5.02. The summed E-state index contributed by atoms with van der Waals surface area (Å²) in [7, 11) is 0. The number of imidazole rings is 1. The second kappa shape index (κ2) is 7.29. The van der Waals surface area contributed by atoms with E-state index in [4.69, 9.17) is 5.10 Å². The Morgan fingerprint density at radius 2 is 1.70 bits per heavy atom. The maximum absolute atomic E-state index is 13.4. The number of hydrogen-bond donors (Lipinski definition) is 2. The Labute approximate surface area is 170 Å². The van der Waals surface area contributed by atoms with Gasteiger partial charge in [-0.05, 0) is 54.6 Å². The zero-order valence-corrected chi connectivity index (χ0v) is 15.7. The van der Waals surface area contributed by atoms with Crippen LogP contribution < -0.4 is 5.69 Å². The number of nitrogens with zero attached hydrogens (tertiary/aromatic N) is 3. The highest BCUT2D eigenvalue weighted by Gasteiger charge is 2.11. The molecule has 7 heteroatoms. The van der Waals surface area contributed by atoms with E-state index in [0.29, 0.717) is 16.9 Å². The van der Waals surface area contributed by atoms with E-state index in [1.54, 1.807) is 35.2 Å². The SMILES string of the molecule is O=c1[nH]c2ccc(N=Cc3cn(-c4ccccc4)nc3-c3ccc(F)cc3)cc2[nH]1. The summed E-state index contributed by atoms with van der Waals surface area (Å²) in [6, 6.07) is 21.4. The second-order valence-corrected chi connectivity index (χ2v) is 6.79. The number of nitrogens with one attached hydrogen (secondary N) is 2. The van der Waals surface area contributed by atoms with Gasteiger partial charge in [0.2, 0.25) is 0 Å². The quantitative estimate of drug-likeness (QED) is 0.435. The molecule has 0 unspecified atom stereocenters. The third-order valence-corrected chi connectivity index (χ3v) is 4.73. The minimum atomic E-state index is -0.301. The highest BCUT2D eigenvalue weighted by atomic mass is 19.1. The van der Waals surface area contributed by atoms with Gasteiger partial charge in [0.25, 0.3) is 0 Å². The van der Waals surface area contributed by atoms with Crippen molar-refractivity contribution in [3.05, 3.63) is 101 Å². The number of aromatic nitrogens is 4. The topological polar surface area (TPSA) is 78.8 Å². The first-order valence-electron chi connectivity index (χ1n) is 9.33. The van der Waals surface area contributed by atoms with Gasteiger partial charge in [0.1, 0.15) is 11.5 Å². The molecule has 0 bridgehead atoms.